The van der Waals surface area contributed by atoms with Gasteiger partial charge in [-0.25, -0.2) is 0 Å². The molecule has 1 aromatic carbocycles. The van der Waals surface area contributed by atoms with Crippen LogP contribution in [0.2, 0.25) is 5.02 Å². The Morgan fingerprint density at radius 2 is 2.07 bits per heavy atom. The van der Waals surface area contributed by atoms with E-state index in [1.807, 2.05) is 13.8 Å². The lowest BCUT2D eigenvalue weighted by molar-refractivity contribution is -0.117. The number of nitrogens with zero attached hydrogens (tertiary/aromatic N) is 2. The summed E-state index contributed by atoms with van der Waals surface area (Å²) in [6, 6.07) is 3.18. The molecule has 1 aromatic heterocycles. The van der Waals surface area contributed by atoms with Gasteiger partial charge in [0.2, 0.25) is 11.8 Å². The van der Waals surface area contributed by atoms with Crippen molar-refractivity contribution < 1.29 is 18.8 Å². The molecule has 1 aliphatic heterocycles. The number of halogens is 1. The zero-order valence-electron chi connectivity index (χ0n) is 15.8. The number of benzene rings is 1. The Balaban J connectivity index is 1.45. The van der Waals surface area contributed by atoms with Gasteiger partial charge in [-0.05, 0) is 42.5 Å². The quantitative estimate of drug-likeness (QED) is 0.736. The van der Waals surface area contributed by atoms with Gasteiger partial charge in [-0.2, -0.15) is 4.98 Å². The van der Waals surface area contributed by atoms with Crippen LogP contribution in [0, 0.1) is 5.92 Å². The van der Waals surface area contributed by atoms with Gasteiger partial charge >= 0.3 is 0 Å². The van der Waals surface area contributed by atoms with Crippen molar-refractivity contribution in [2.24, 2.45) is 5.92 Å². The van der Waals surface area contributed by atoms with Crippen molar-refractivity contribution in [1.29, 1.82) is 0 Å². The fourth-order valence-corrected chi connectivity index (χ4v) is 3.27. The van der Waals surface area contributed by atoms with Crippen LogP contribution < -0.4 is 14.8 Å². The molecule has 1 saturated carbocycles. The Bertz CT molecular complexity index is 905. The number of rotatable bonds is 6. The lowest BCUT2D eigenvalue weighted by Gasteiger charge is -2.19. The monoisotopic (exact) mass is 403 g/mol. The van der Waals surface area contributed by atoms with Crippen molar-refractivity contribution in [3.05, 3.63) is 40.5 Å². The molecule has 148 valence electrons. The maximum atomic E-state index is 12.5. The Kier molecular flexibility index (Phi) is 5.26. The van der Waals surface area contributed by atoms with Crippen LogP contribution in [0.25, 0.3) is 6.08 Å². The lowest BCUT2D eigenvalue weighted by atomic mass is 10.0. The second kappa shape index (κ2) is 7.83. The molecule has 2 aliphatic rings. The molecule has 0 bridgehead atoms. The minimum absolute atomic E-state index is 0.105. The van der Waals surface area contributed by atoms with Crippen molar-refractivity contribution in [2.45, 2.75) is 38.6 Å². The first kappa shape index (κ1) is 18.8. The molecular weight excluding hydrogens is 382 g/mol. The van der Waals surface area contributed by atoms with E-state index < -0.39 is 0 Å². The molecule has 4 rings (SSSR count). The van der Waals surface area contributed by atoms with E-state index >= 15 is 0 Å². The van der Waals surface area contributed by atoms with Crippen molar-refractivity contribution in [3.63, 3.8) is 0 Å². The van der Waals surface area contributed by atoms with Crippen molar-refractivity contribution in [3.8, 4) is 11.5 Å². The van der Waals surface area contributed by atoms with Gasteiger partial charge in [-0.1, -0.05) is 30.6 Å². The van der Waals surface area contributed by atoms with E-state index in [2.05, 4.69) is 15.5 Å². The molecule has 1 fully saturated rings. The largest absolute Gasteiger partial charge is 0.486 e. The first-order chi connectivity index (χ1) is 13.5. The SMILES string of the molecule is CC(C)C(NC(=O)/C=C/c1cc(Cl)c2c(c1)OCCO2)c1nc(C2CC2)no1. The van der Waals surface area contributed by atoms with Gasteiger partial charge < -0.3 is 19.3 Å². The number of hydrogen-bond donors (Lipinski definition) is 1. The molecule has 1 aliphatic carbocycles. The van der Waals surface area contributed by atoms with Crippen LogP contribution in [0.1, 0.15) is 55.9 Å². The number of amides is 1. The molecular formula is C20H22ClN3O4. The number of ether oxygens (including phenoxy) is 2. The van der Waals surface area contributed by atoms with E-state index in [9.17, 15) is 4.79 Å². The van der Waals surface area contributed by atoms with Crippen molar-refractivity contribution >= 4 is 23.6 Å². The molecule has 1 amide bonds. The average molecular weight is 404 g/mol. The molecule has 7 nitrogen and oxygen atoms in total. The third-order valence-electron chi connectivity index (χ3n) is 4.68. The van der Waals surface area contributed by atoms with Crippen LogP contribution in [-0.2, 0) is 4.79 Å². The Morgan fingerprint density at radius 1 is 1.29 bits per heavy atom. The van der Waals surface area contributed by atoms with Crippen LogP contribution in [0.5, 0.6) is 11.5 Å². The van der Waals surface area contributed by atoms with Crippen molar-refractivity contribution in [2.75, 3.05) is 13.2 Å². The minimum atomic E-state index is -0.346. The number of fused-ring (bicyclic) bond motifs is 1. The topological polar surface area (TPSA) is 86.5 Å². The molecule has 2 aromatic rings. The fraction of sp³-hybridized carbons (Fsp3) is 0.450. The van der Waals surface area contributed by atoms with Crippen LogP contribution in [0.3, 0.4) is 0 Å². The van der Waals surface area contributed by atoms with E-state index in [1.165, 1.54) is 6.08 Å². The summed E-state index contributed by atoms with van der Waals surface area (Å²) in [5.74, 6) is 2.55. The highest BCUT2D eigenvalue weighted by molar-refractivity contribution is 6.32. The van der Waals surface area contributed by atoms with Gasteiger partial charge in [0.1, 0.15) is 19.3 Å². The first-order valence-electron chi connectivity index (χ1n) is 9.42. The standard InChI is InChI=1S/C20H22ClN3O4/c1-11(2)17(20-23-19(24-28-20)13-4-5-13)22-16(25)6-3-12-9-14(21)18-15(10-12)26-7-8-27-18/h3,6,9-11,13,17H,4-5,7-8H2,1-2H3,(H,22,25)/b6-3+. The number of carbonyl (C=O) groups is 1. The Morgan fingerprint density at radius 3 is 2.82 bits per heavy atom. The molecule has 0 saturated heterocycles. The fourth-order valence-electron chi connectivity index (χ4n) is 2.99. The van der Waals surface area contributed by atoms with E-state index in [4.69, 9.17) is 25.6 Å². The summed E-state index contributed by atoms with van der Waals surface area (Å²) in [7, 11) is 0. The predicted molar refractivity (Wildman–Crippen MR) is 103 cm³/mol. The Labute approximate surface area is 168 Å². The van der Waals surface area contributed by atoms with Crippen LogP contribution in [0.15, 0.2) is 22.7 Å². The summed E-state index contributed by atoms with van der Waals surface area (Å²) in [5.41, 5.74) is 0.749. The number of aromatic nitrogens is 2. The lowest BCUT2D eigenvalue weighted by Crippen LogP contribution is -2.30. The van der Waals surface area contributed by atoms with E-state index in [0.29, 0.717) is 41.5 Å². The smallest absolute Gasteiger partial charge is 0.249 e. The number of nitrogens with one attached hydrogen (secondary N) is 1. The summed E-state index contributed by atoms with van der Waals surface area (Å²) >= 11 is 6.23. The normalized spacial score (nSPS) is 17.1. The summed E-state index contributed by atoms with van der Waals surface area (Å²) in [6.45, 7) is 4.94. The maximum Gasteiger partial charge on any atom is 0.249 e. The second-order valence-corrected chi connectivity index (χ2v) is 7.76. The van der Waals surface area contributed by atoms with E-state index in [0.717, 1.165) is 24.2 Å². The highest BCUT2D eigenvalue weighted by atomic mass is 35.5. The molecule has 8 heteroatoms. The molecule has 1 atom stereocenters. The second-order valence-electron chi connectivity index (χ2n) is 7.36. The van der Waals surface area contributed by atoms with Gasteiger partial charge in [0.15, 0.2) is 17.3 Å². The van der Waals surface area contributed by atoms with Gasteiger partial charge in [-0.15, -0.1) is 0 Å². The third kappa shape index (κ3) is 4.14. The molecule has 1 unspecified atom stereocenters. The highest BCUT2D eigenvalue weighted by Gasteiger charge is 2.31. The number of hydrogen-bond acceptors (Lipinski definition) is 6. The molecule has 28 heavy (non-hydrogen) atoms. The van der Waals surface area contributed by atoms with Gasteiger partial charge in [0.25, 0.3) is 0 Å². The van der Waals surface area contributed by atoms with Gasteiger partial charge in [0, 0.05) is 12.0 Å². The number of carbonyl (C=O) groups excluding carboxylic acids is 1. The molecule has 0 radical (unpaired) electrons. The summed E-state index contributed by atoms with van der Waals surface area (Å²) in [5, 5.41) is 7.43. The van der Waals surface area contributed by atoms with E-state index in [1.54, 1.807) is 18.2 Å². The zero-order valence-corrected chi connectivity index (χ0v) is 16.5. The Hall–Kier alpha value is -2.54. The van der Waals surface area contributed by atoms with Gasteiger partial charge in [0.05, 0.1) is 5.02 Å². The highest BCUT2D eigenvalue weighted by Crippen LogP contribution is 2.39. The van der Waals surface area contributed by atoms with Crippen molar-refractivity contribution in [1.82, 2.24) is 15.5 Å². The first-order valence-corrected chi connectivity index (χ1v) is 9.80. The average Bonchev–Trinajstić information content (AvgIpc) is 3.42. The third-order valence-corrected chi connectivity index (χ3v) is 4.96. The van der Waals surface area contributed by atoms with Crippen LogP contribution in [0.4, 0.5) is 0 Å². The predicted octanol–water partition coefficient (Wildman–Crippen LogP) is 3.90. The van der Waals surface area contributed by atoms with Gasteiger partial charge in [-0.3, -0.25) is 4.79 Å². The summed E-state index contributed by atoms with van der Waals surface area (Å²) in [4.78, 5) is 16.9. The molecule has 0 spiro atoms. The molecule has 1 N–H and O–H groups in total. The molecule has 2 heterocycles. The maximum absolute atomic E-state index is 12.5. The zero-order chi connectivity index (χ0) is 19.7. The summed E-state index contributed by atoms with van der Waals surface area (Å²) < 4.78 is 16.4. The minimum Gasteiger partial charge on any atom is -0.486 e. The van der Waals surface area contributed by atoms with E-state index in [-0.39, 0.29) is 17.9 Å². The summed E-state index contributed by atoms with van der Waals surface area (Å²) in [6.07, 6.45) is 5.33. The van der Waals surface area contributed by atoms with Crippen LogP contribution >= 0.6 is 11.6 Å². The van der Waals surface area contributed by atoms with Crippen LogP contribution in [-0.4, -0.2) is 29.3 Å².